The van der Waals surface area contributed by atoms with E-state index in [0.29, 0.717) is 16.3 Å². The van der Waals surface area contributed by atoms with Gasteiger partial charge in [-0.05, 0) is 11.6 Å². The SMILES string of the molecule is [N-]=[N+]=Nc1ccc(C(=O)C(N)C2C=CC=CN2CC(=O)ON2C(=O)CCC2=O)cc1. The third-order valence-corrected chi connectivity index (χ3v) is 4.57. The van der Waals surface area contributed by atoms with Gasteiger partial charge in [-0.2, -0.15) is 0 Å². The fourth-order valence-electron chi connectivity index (χ4n) is 3.06. The molecule has 2 N–H and O–H groups in total. The monoisotopic (exact) mass is 410 g/mol. The van der Waals surface area contributed by atoms with E-state index in [-0.39, 0.29) is 25.2 Å². The predicted octanol–water partition coefficient (Wildman–Crippen LogP) is 1.50. The first-order valence-corrected chi connectivity index (χ1v) is 9.03. The van der Waals surface area contributed by atoms with Gasteiger partial charge in [0.2, 0.25) is 0 Å². The van der Waals surface area contributed by atoms with Crippen molar-refractivity contribution in [3.8, 4) is 0 Å². The van der Waals surface area contributed by atoms with Crippen molar-refractivity contribution in [1.82, 2.24) is 9.96 Å². The Kier molecular flexibility index (Phi) is 6.26. The maximum absolute atomic E-state index is 12.8. The van der Waals surface area contributed by atoms with Crippen LogP contribution in [0.5, 0.6) is 0 Å². The highest BCUT2D eigenvalue weighted by Gasteiger charge is 2.34. The van der Waals surface area contributed by atoms with E-state index < -0.39 is 29.9 Å². The number of hydrogen-bond acceptors (Lipinski definition) is 8. The normalized spacial score (nSPS) is 18.9. The van der Waals surface area contributed by atoms with Crippen LogP contribution in [0, 0.1) is 0 Å². The minimum atomic E-state index is -1.01. The average molecular weight is 410 g/mol. The van der Waals surface area contributed by atoms with E-state index in [1.54, 1.807) is 24.4 Å². The number of allylic oxidation sites excluding steroid dienone is 2. The molecule has 30 heavy (non-hydrogen) atoms. The number of hydrogen-bond donors (Lipinski definition) is 1. The van der Waals surface area contributed by atoms with Gasteiger partial charge in [0.1, 0.15) is 6.54 Å². The van der Waals surface area contributed by atoms with E-state index in [1.807, 2.05) is 0 Å². The molecule has 0 bridgehead atoms. The van der Waals surface area contributed by atoms with Crippen LogP contribution in [0.4, 0.5) is 5.69 Å². The lowest BCUT2D eigenvalue weighted by Gasteiger charge is -2.33. The maximum atomic E-state index is 12.8. The first-order chi connectivity index (χ1) is 14.4. The molecule has 1 saturated heterocycles. The van der Waals surface area contributed by atoms with Gasteiger partial charge in [0.25, 0.3) is 11.8 Å². The summed E-state index contributed by atoms with van der Waals surface area (Å²) in [4.78, 5) is 57.2. The Morgan fingerprint density at radius 2 is 1.87 bits per heavy atom. The quantitative estimate of drug-likeness (QED) is 0.234. The summed E-state index contributed by atoms with van der Waals surface area (Å²) in [6, 6.07) is 4.32. The standard InChI is InChI=1S/C19H18N6O5/c20-18(19(29)12-4-6-13(7-5-12)22-23-21)14-3-1-2-10-24(14)11-17(28)30-25-15(26)8-9-16(25)27/h1-7,10,14,18H,8-9,11,20H2. The molecule has 1 aromatic carbocycles. The van der Waals surface area contributed by atoms with Gasteiger partial charge in [-0.25, -0.2) is 4.79 Å². The molecule has 1 aromatic rings. The molecule has 2 atom stereocenters. The molecule has 3 rings (SSSR count). The third-order valence-electron chi connectivity index (χ3n) is 4.57. The van der Waals surface area contributed by atoms with Gasteiger partial charge < -0.3 is 15.5 Å². The molecule has 2 unspecified atom stereocenters. The number of nitrogens with two attached hydrogens (primary N) is 1. The van der Waals surface area contributed by atoms with Crippen molar-refractivity contribution in [3.63, 3.8) is 0 Å². The highest BCUT2D eigenvalue weighted by molar-refractivity contribution is 6.02. The van der Waals surface area contributed by atoms with Crippen LogP contribution in [0.3, 0.4) is 0 Å². The van der Waals surface area contributed by atoms with Crippen molar-refractivity contribution >= 4 is 29.3 Å². The van der Waals surface area contributed by atoms with Crippen LogP contribution in [0.1, 0.15) is 23.2 Å². The van der Waals surface area contributed by atoms with Crippen LogP contribution in [0.25, 0.3) is 10.4 Å². The van der Waals surface area contributed by atoms with Crippen molar-refractivity contribution in [2.75, 3.05) is 6.54 Å². The Bertz CT molecular complexity index is 964. The molecule has 1 fully saturated rings. The van der Waals surface area contributed by atoms with Gasteiger partial charge >= 0.3 is 5.97 Å². The van der Waals surface area contributed by atoms with E-state index in [4.69, 9.17) is 16.1 Å². The number of azide groups is 1. The number of ketones is 1. The van der Waals surface area contributed by atoms with Crippen molar-refractivity contribution in [2.45, 2.75) is 24.9 Å². The number of carbonyl (C=O) groups excluding carboxylic acids is 4. The zero-order valence-electron chi connectivity index (χ0n) is 15.7. The average Bonchev–Trinajstić information content (AvgIpc) is 3.06. The van der Waals surface area contributed by atoms with E-state index >= 15 is 0 Å². The molecule has 0 aromatic heterocycles. The second-order valence-corrected chi connectivity index (χ2v) is 6.56. The Morgan fingerprint density at radius 1 is 1.20 bits per heavy atom. The number of carbonyl (C=O) groups is 4. The van der Waals surface area contributed by atoms with E-state index in [0.717, 1.165) is 0 Å². The molecule has 0 radical (unpaired) electrons. The summed E-state index contributed by atoms with van der Waals surface area (Å²) in [5, 5.41) is 3.91. The third kappa shape index (κ3) is 4.54. The molecular weight excluding hydrogens is 392 g/mol. The number of nitrogens with zero attached hydrogens (tertiary/aromatic N) is 5. The van der Waals surface area contributed by atoms with Crippen LogP contribution < -0.4 is 5.73 Å². The lowest BCUT2D eigenvalue weighted by Crippen LogP contribution is -2.51. The maximum Gasteiger partial charge on any atom is 0.352 e. The van der Waals surface area contributed by atoms with Gasteiger partial charge in [0.05, 0.1) is 12.1 Å². The highest BCUT2D eigenvalue weighted by Crippen LogP contribution is 2.19. The summed E-state index contributed by atoms with van der Waals surface area (Å²) >= 11 is 0. The van der Waals surface area contributed by atoms with Crippen LogP contribution >= 0.6 is 0 Å². The molecule has 2 amide bonds. The van der Waals surface area contributed by atoms with Crippen LogP contribution in [-0.2, 0) is 19.2 Å². The summed E-state index contributed by atoms with van der Waals surface area (Å²) < 4.78 is 0. The van der Waals surface area contributed by atoms with Crippen LogP contribution in [0.15, 0.2) is 53.8 Å². The Labute approximate surface area is 170 Å². The second-order valence-electron chi connectivity index (χ2n) is 6.56. The van der Waals surface area contributed by atoms with Crippen molar-refractivity contribution in [2.24, 2.45) is 10.8 Å². The van der Waals surface area contributed by atoms with Gasteiger partial charge in [-0.15, -0.1) is 5.06 Å². The van der Waals surface area contributed by atoms with Gasteiger partial charge in [-0.3, -0.25) is 14.4 Å². The lowest BCUT2D eigenvalue weighted by atomic mass is 9.96. The number of benzene rings is 1. The largest absolute Gasteiger partial charge is 0.358 e. The van der Waals surface area contributed by atoms with Gasteiger partial charge in [-0.1, -0.05) is 41.5 Å². The van der Waals surface area contributed by atoms with Gasteiger partial charge in [0, 0.05) is 35.2 Å². The van der Waals surface area contributed by atoms with Crippen molar-refractivity contribution < 1.29 is 24.0 Å². The highest BCUT2D eigenvalue weighted by atomic mass is 16.7. The number of Topliss-reactive ketones (excluding diaryl/α,β-unsaturated/α-hetero) is 1. The molecular formula is C19H18N6O5. The molecule has 2 aliphatic rings. The van der Waals surface area contributed by atoms with Crippen LogP contribution in [-0.4, -0.2) is 52.2 Å². The zero-order valence-corrected chi connectivity index (χ0v) is 15.7. The zero-order chi connectivity index (χ0) is 21.7. The molecule has 0 saturated carbocycles. The Balaban J connectivity index is 1.67. The number of imide groups is 1. The Hall–Kier alpha value is -3.95. The molecule has 0 spiro atoms. The van der Waals surface area contributed by atoms with Crippen molar-refractivity contribution in [3.05, 3.63) is 64.7 Å². The minimum Gasteiger partial charge on any atom is -0.358 e. The Morgan fingerprint density at radius 3 is 2.50 bits per heavy atom. The summed E-state index contributed by atoms with van der Waals surface area (Å²) in [6.07, 6.45) is 6.57. The molecule has 0 aliphatic carbocycles. The topological polar surface area (TPSA) is 159 Å². The summed E-state index contributed by atoms with van der Waals surface area (Å²) in [5.41, 5.74) is 15.3. The fraction of sp³-hybridized carbons (Fsp3) is 0.263. The first-order valence-electron chi connectivity index (χ1n) is 9.03. The molecule has 2 heterocycles. The summed E-state index contributed by atoms with van der Waals surface area (Å²) in [5.74, 6) is -2.36. The summed E-state index contributed by atoms with van der Waals surface area (Å²) in [7, 11) is 0. The number of amides is 2. The second kappa shape index (κ2) is 9.03. The molecule has 11 nitrogen and oxygen atoms in total. The van der Waals surface area contributed by atoms with E-state index in [1.165, 1.54) is 29.2 Å². The van der Waals surface area contributed by atoms with Crippen molar-refractivity contribution in [1.29, 1.82) is 0 Å². The predicted molar refractivity (Wildman–Crippen MR) is 104 cm³/mol. The fourth-order valence-corrected chi connectivity index (χ4v) is 3.06. The summed E-state index contributed by atoms with van der Waals surface area (Å²) in [6.45, 7) is -0.320. The first kappa shape index (κ1) is 20.8. The number of hydroxylamine groups is 2. The molecule has 11 heteroatoms. The minimum absolute atomic E-state index is 0.00105. The lowest BCUT2D eigenvalue weighted by molar-refractivity contribution is -0.197. The smallest absolute Gasteiger partial charge is 0.352 e. The molecule has 2 aliphatic heterocycles. The van der Waals surface area contributed by atoms with E-state index in [2.05, 4.69) is 10.0 Å². The number of rotatable bonds is 7. The van der Waals surface area contributed by atoms with Gasteiger partial charge in [0.15, 0.2) is 5.78 Å². The van der Waals surface area contributed by atoms with Crippen LogP contribution in [0.2, 0.25) is 0 Å². The molecule has 154 valence electrons. The van der Waals surface area contributed by atoms with E-state index in [9.17, 15) is 19.2 Å².